The van der Waals surface area contributed by atoms with Gasteiger partial charge in [-0.05, 0) is 48.2 Å². The van der Waals surface area contributed by atoms with Gasteiger partial charge in [0, 0.05) is 34.0 Å². The molecule has 0 aliphatic carbocycles. The summed E-state index contributed by atoms with van der Waals surface area (Å²) in [7, 11) is 0. The standard InChI is InChI=1S/C22H22N2O6S/c25-11-7-9-3-5-23-17(15(9)21(29)19(11)27)13-1-2-14(31-13)18-16-10(4-6-24-18)8-12(26)20(28)22(16)30/h1-2,7-8,17-18,23-30H,3-6H2/t17-,18+. The first-order valence-corrected chi connectivity index (χ1v) is 10.8. The van der Waals surface area contributed by atoms with Crippen LogP contribution in [0.4, 0.5) is 0 Å². The lowest BCUT2D eigenvalue weighted by molar-refractivity contribution is 0.358. The van der Waals surface area contributed by atoms with E-state index in [-0.39, 0.29) is 35.1 Å². The Bertz CT molecular complexity index is 1100. The molecular formula is C22H22N2O6S. The van der Waals surface area contributed by atoms with Crippen molar-refractivity contribution in [2.24, 2.45) is 0 Å². The van der Waals surface area contributed by atoms with Crippen LogP contribution in [0.15, 0.2) is 24.3 Å². The second-order valence-corrected chi connectivity index (χ2v) is 8.99. The van der Waals surface area contributed by atoms with Gasteiger partial charge in [0.05, 0.1) is 12.1 Å². The second kappa shape index (κ2) is 7.23. The van der Waals surface area contributed by atoms with Crippen LogP contribution in [0.3, 0.4) is 0 Å². The van der Waals surface area contributed by atoms with Crippen LogP contribution in [0.5, 0.6) is 34.5 Å². The van der Waals surface area contributed by atoms with Crippen LogP contribution in [-0.4, -0.2) is 43.7 Å². The summed E-state index contributed by atoms with van der Waals surface area (Å²) in [5, 5.41) is 67.4. The van der Waals surface area contributed by atoms with Gasteiger partial charge in [-0.3, -0.25) is 0 Å². The van der Waals surface area contributed by atoms with Crippen LogP contribution in [-0.2, 0) is 12.8 Å². The zero-order valence-electron chi connectivity index (χ0n) is 16.4. The van der Waals surface area contributed by atoms with E-state index in [1.54, 1.807) is 0 Å². The summed E-state index contributed by atoms with van der Waals surface area (Å²) in [5.74, 6) is -2.42. The van der Waals surface area contributed by atoms with Gasteiger partial charge in [-0.2, -0.15) is 0 Å². The molecule has 0 saturated heterocycles. The third-order valence-electron chi connectivity index (χ3n) is 6.04. The molecule has 8 N–H and O–H groups in total. The smallest absolute Gasteiger partial charge is 0.200 e. The molecule has 3 aromatic rings. The minimum atomic E-state index is -0.535. The van der Waals surface area contributed by atoms with E-state index in [9.17, 15) is 30.6 Å². The predicted octanol–water partition coefficient (Wildman–Crippen LogP) is 2.45. The third-order valence-corrected chi connectivity index (χ3v) is 7.25. The van der Waals surface area contributed by atoms with Crippen molar-refractivity contribution in [3.63, 3.8) is 0 Å². The van der Waals surface area contributed by atoms with Crippen LogP contribution >= 0.6 is 11.3 Å². The van der Waals surface area contributed by atoms with Crippen LogP contribution in [0.25, 0.3) is 0 Å². The number of hydrogen-bond acceptors (Lipinski definition) is 9. The summed E-state index contributed by atoms with van der Waals surface area (Å²) in [4.78, 5) is 1.79. The molecule has 0 spiro atoms. The van der Waals surface area contributed by atoms with Crippen molar-refractivity contribution in [2.75, 3.05) is 13.1 Å². The van der Waals surface area contributed by atoms with Gasteiger partial charge in [0.15, 0.2) is 23.0 Å². The molecule has 3 heterocycles. The van der Waals surface area contributed by atoms with Crippen molar-refractivity contribution in [1.82, 2.24) is 10.6 Å². The quantitative estimate of drug-likeness (QED) is 0.283. The number of phenols is 6. The Morgan fingerprint density at radius 1 is 0.645 bits per heavy atom. The second-order valence-electron chi connectivity index (χ2n) is 7.85. The van der Waals surface area contributed by atoms with Gasteiger partial charge in [0.2, 0.25) is 11.5 Å². The van der Waals surface area contributed by atoms with Crippen LogP contribution in [0.2, 0.25) is 0 Å². The van der Waals surface area contributed by atoms with Crippen molar-refractivity contribution in [1.29, 1.82) is 0 Å². The number of thiophene rings is 1. The fourth-order valence-electron chi connectivity index (χ4n) is 4.55. The number of nitrogens with one attached hydrogen (secondary N) is 2. The Balaban J connectivity index is 1.56. The average molecular weight is 442 g/mol. The minimum Gasteiger partial charge on any atom is -0.504 e. The predicted molar refractivity (Wildman–Crippen MR) is 114 cm³/mol. The summed E-state index contributed by atoms with van der Waals surface area (Å²) in [6, 6.07) is 6.09. The largest absolute Gasteiger partial charge is 0.504 e. The van der Waals surface area contributed by atoms with Gasteiger partial charge < -0.3 is 41.3 Å². The topological polar surface area (TPSA) is 145 Å². The van der Waals surface area contributed by atoms with E-state index in [1.807, 2.05) is 12.1 Å². The van der Waals surface area contributed by atoms with Gasteiger partial charge in [0.25, 0.3) is 0 Å². The van der Waals surface area contributed by atoms with Crippen molar-refractivity contribution in [3.05, 3.63) is 56.3 Å². The fraction of sp³-hybridized carbons (Fsp3) is 0.273. The lowest BCUT2D eigenvalue weighted by Gasteiger charge is -2.28. The highest BCUT2D eigenvalue weighted by Crippen LogP contribution is 2.49. The molecule has 2 aliphatic rings. The molecule has 0 unspecified atom stereocenters. The molecule has 0 radical (unpaired) electrons. The van der Waals surface area contributed by atoms with E-state index in [1.165, 1.54) is 23.5 Å². The third kappa shape index (κ3) is 3.04. The molecule has 2 atom stereocenters. The van der Waals surface area contributed by atoms with Gasteiger partial charge in [-0.25, -0.2) is 0 Å². The number of fused-ring (bicyclic) bond motifs is 2. The van der Waals surface area contributed by atoms with E-state index in [4.69, 9.17) is 0 Å². The van der Waals surface area contributed by atoms with Crippen molar-refractivity contribution in [3.8, 4) is 34.5 Å². The summed E-state index contributed by atoms with van der Waals surface area (Å²) in [5.41, 5.74) is 2.62. The summed E-state index contributed by atoms with van der Waals surface area (Å²) in [6.07, 6.45) is 1.22. The zero-order chi connectivity index (χ0) is 21.9. The maximum atomic E-state index is 10.5. The highest BCUT2D eigenvalue weighted by atomic mass is 32.1. The molecule has 0 amide bonds. The molecule has 0 saturated carbocycles. The molecule has 0 fully saturated rings. The van der Waals surface area contributed by atoms with Crippen molar-refractivity contribution >= 4 is 11.3 Å². The van der Waals surface area contributed by atoms with Crippen molar-refractivity contribution < 1.29 is 30.6 Å². The summed E-state index contributed by atoms with van der Waals surface area (Å²) in [6.45, 7) is 1.29. The molecule has 1 aromatic heterocycles. The number of phenolic OH excluding ortho intramolecular Hbond substituents is 6. The van der Waals surface area contributed by atoms with Crippen molar-refractivity contribution in [2.45, 2.75) is 24.9 Å². The van der Waals surface area contributed by atoms with Gasteiger partial charge >= 0.3 is 0 Å². The van der Waals surface area contributed by atoms with E-state index < -0.39 is 11.5 Å². The first-order valence-electron chi connectivity index (χ1n) is 9.96. The number of hydrogen-bond donors (Lipinski definition) is 8. The molecule has 8 nitrogen and oxygen atoms in total. The van der Waals surface area contributed by atoms with Crippen LogP contribution in [0.1, 0.15) is 44.1 Å². The lowest BCUT2D eigenvalue weighted by Crippen LogP contribution is -2.30. The SMILES string of the molecule is Oc1cc2c(c(O)c1O)[C@@H](c1ccc([C@@H]3NCCc4cc(O)c(O)c(O)c43)s1)NCC2. The molecule has 31 heavy (non-hydrogen) atoms. The monoisotopic (exact) mass is 442 g/mol. The van der Waals surface area contributed by atoms with Gasteiger partial charge in [-0.1, -0.05) is 0 Å². The Labute approximate surface area is 181 Å². The maximum Gasteiger partial charge on any atom is 0.200 e. The molecule has 2 aromatic carbocycles. The molecule has 0 bridgehead atoms. The summed E-state index contributed by atoms with van der Waals surface area (Å²) < 4.78 is 0. The number of rotatable bonds is 2. The van der Waals surface area contributed by atoms with Gasteiger partial charge in [0.1, 0.15) is 0 Å². The highest BCUT2D eigenvalue weighted by Gasteiger charge is 2.32. The number of aromatic hydroxyl groups is 6. The Hall–Kier alpha value is -3.14. The Morgan fingerprint density at radius 2 is 1.06 bits per heavy atom. The van der Waals surface area contributed by atoms with Gasteiger partial charge in [-0.15, -0.1) is 11.3 Å². The lowest BCUT2D eigenvalue weighted by atomic mass is 9.91. The molecule has 9 heteroatoms. The van der Waals surface area contributed by atoms with E-state index in [0.29, 0.717) is 37.1 Å². The fourth-order valence-corrected chi connectivity index (χ4v) is 5.74. The first-order chi connectivity index (χ1) is 14.9. The zero-order valence-corrected chi connectivity index (χ0v) is 17.2. The first kappa shape index (κ1) is 19.8. The van der Waals surface area contributed by atoms with Crippen LogP contribution in [0, 0.1) is 0 Å². The molecule has 5 rings (SSSR count). The van der Waals surface area contributed by atoms with E-state index in [0.717, 1.165) is 20.9 Å². The molecule has 162 valence electrons. The highest BCUT2D eigenvalue weighted by molar-refractivity contribution is 7.12. The maximum absolute atomic E-state index is 10.5. The van der Waals surface area contributed by atoms with E-state index in [2.05, 4.69) is 10.6 Å². The Morgan fingerprint density at radius 3 is 1.48 bits per heavy atom. The van der Waals surface area contributed by atoms with E-state index >= 15 is 0 Å². The average Bonchev–Trinajstić information content (AvgIpc) is 3.25. The minimum absolute atomic E-state index is 0.332. The summed E-state index contributed by atoms with van der Waals surface area (Å²) >= 11 is 1.48. The number of benzene rings is 2. The normalized spacial score (nSPS) is 20.3. The molecular weight excluding hydrogens is 420 g/mol. The molecule has 2 aliphatic heterocycles. The van der Waals surface area contributed by atoms with Crippen LogP contribution < -0.4 is 10.6 Å². The Kier molecular flexibility index (Phi) is 4.62.